The van der Waals surface area contributed by atoms with E-state index >= 15 is 0 Å². The molecule has 17 heavy (non-hydrogen) atoms. The van der Waals surface area contributed by atoms with Gasteiger partial charge in [-0.05, 0) is 30.0 Å². The zero-order valence-electron chi connectivity index (χ0n) is 9.70. The molecule has 1 aliphatic carbocycles. The first-order chi connectivity index (χ1) is 7.70. The molecule has 1 saturated carbocycles. The van der Waals surface area contributed by atoms with Gasteiger partial charge in [0.05, 0.1) is 10.6 Å². The smallest absolute Gasteiger partial charge is 0.238 e. The molecule has 0 heterocycles. The molecule has 0 aromatic heterocycles. The first-order valence-corrected chi connectivity index (χ1v) is 6.84. The van der Waals surface area contributed by atoms with Crippen LogP contribution in [0.5, 0.6) is 0 Å². The highest BCUT2D eigenvalue weighted by atomic mass is 32.2. The summed E-state index contributed by atoms with van der Waals surface area (Å²) in [6, 6.07) is 3.88. The summed E-state index contributed by atoms with van der Waals surface area (Å²) in [5, 5.41) is 7.96. The van der Waals surface area contributed by atoms with E-state index in [1.54, 1.807) is 0 Å². The third kappa shape index (κ3) is 2.58. The van der Waals surface area contributed by atoms with E-state index < -0.39 is 15.8 Å². The molecule has 1 aromatic carbocycles. The fraction of sp³-hybridized carbons (Fsp3) is 0.455. The SMILES string of the molecule is CC1(C)CC1Nc1ccc(S(N)(=O)=O)cc1F. The molecule has 6 heteroatoms. The lowest BCUT2D eigenvalue weighted by atomic mass is 10.2. The van der Waals surface area contributed by atoms with Crippen LogP contribution >= 0.6 is 0 Å². The number of sulfonamides is 1. The highest BCUT2D eigenvalue weighted by Gasteiger charge is 2.45. The Bertz CT molecular complexity index is 555. The lowest BCUT2D eigenvalue weighted by Crippen LogP contribution is -2.14. The standard InChI is InChI=1S/C11H15FN2O2S/c1-11(2)6-10(11)14-9-4-3-7(5-8(9)12)17(13,15)16/h3-5,10,14H,6H2,1-2H3,(H2,13,15,16). The third-order valence-electron chi connectivity index (χ3n) is 3.11. The highest BCUT2D eigenvalue weighted by Crippen LogP contribution is 2.46. The number of anilines is 1. The lowest BCUT2D eigenvalue weighted by Gasteiger charge is -2.10. The molecule has 1 aromatic rings. The van der Waals surface area contributed by atoms with Crippen LogP contribution in [0.1, 0.15) is 20.3 Å². The van der Waals surface area contributed by atoms with Crippen LogP contribution in [-0.2, 0) is 10.0 Å². The van der Waals surface area contributed by atoms with E-state index in [4.69, 9.17) is 5.14 Å². The Kier molecular flexibility index (Phi) is 2.67. The number of nitrogens with one attached hydrogen (secondary N) is 1. The van der Waals surface area contributed by atoms with Crippen molar-refractivity contribution in [2.45, 2.75) is 31.2 Å². The molecule has 1 aliphatic rings. The van der Waals surface area contributed by atoms with Gasteiger partial charge in [-0.2, -0.15) is 0 Å². The van der Waals surface area contributed by atoms with E-state index in [0.29, 0.717) is 5.69 Å². The van der Waals surface area contributed by atoms with Crippen molar-refractivity contribution in [3.8, 4) is 0 Å². The van der Waals surface area contributed by atoms with Crippen molar-refractivity contribution >= 4 is 15.7 Å². The van der Waals surface area contributed by atoms with Gasteiger partial charge in [-0.1, -0.05) is 13.8 Å². The Hall–Kier alpha value is -1.14. The maximum absolute atomic E-state index is 13.6. The van der Waals surface area contributed by atoms with E-state index in [9.17, 15) is 12.8 Å². The van der Waals surface area contributed by atoms with Crippen molar-refractivity contribution in [2.24, 2.45) is 10.6 Å². The minimum absolute atomic E-state index is 0.172. The Labute approximate surface area is 100 Å². The summed E-state index contributed by atoms with van der Waals surface area (Å²) in [4.78, 5) is -0.212. The Morgan fingerprint density at radius 3 is 2.47 bits per heavy atom. The first kappa shape index (κ1) is 12.3. The lowest BCUT2D eigenvalue weighted by molar-refractivity contribution is 0.591. The first-order valence-electron chi connectivity index (χ1n) is 5.29. The highest BCUT2D eigenvalue weighted by molar-refractivity contribution is 7.89. The monoisotopic (exact) mass is 258 g/mol. The van der Waals surface area contributed by atoms with Gasteiger partial charge in [0.25, 0.3) is 0 Å². The molecule has 0 spiro atoms. The normalized spacial score (nSPS) is 22.2. The van der Waals surface area contributed by atoms with Gasteiger partial charge in [0.1, 0.15) is 5.82 Å². The maximum Gasteiger partial charge on any atom is 0.238 e. The van der Waals surface area contributed by atoms with Gasteiger partial charge in [-0.25, -0.2) is 17.9 Å². The summed E-state index contributed by atoms with van der Waals surface area (Å²) in [6.07, 6.45) is 0.976. The predicted molar refractivity (Wildman–Crippen MR) is 63.6 cm³/mol. The van der Waals surface area contributed by atoms with Crippen LogP contribution in [0, 0.1) is 11.2 Å². The predicted octanol–water partition coefficient (Wildman–Crippen LogP) is 1.68. The average Bonchev–Trinajstić information content (AvgIpc) is 2.75. The van der Waals surface area contributed by atoms with Crippen molar-refractivity contribution in [1.82, 2.24) is 0 Å². The van der Waals surface area contributed by atoms with Crippen LogP contribution < -0.4 is 10.5 Å². The third-order valence-corrected chi connectivity index (χ3v) is 4.02. The Morgan fingerprint density at radius 1 is 1.47 bits per heavy atom. The van der Waals surface area contributed by atoms with Crippen molar-refractivity contribution in [1.29, 1.82) is 0 Å². The van der Waals surface area contributed by atoms with Crippen LogP contribution in [0.25, 0.3) is 0 Å². The largest absolute Gasteiger partial charge is 0.379 e. The Balaban J connectivity index is 2.21. The molecular formula is C11H15FN2O2S. The number of primary sulfonamides is 1. The zero-order chi connectivity index (χ0) is 12.8. The van der Waals surface area contributed by atoms with E-state index in [1.807, 2.05) is 0 Å². The molecule has 1 unspecified atom stereocenters. The van der Waals surface area contributed by atoms with Crippen LogP contribution in [0.2, 0.25) is 0 Å². The minimum Gasteiger partial charge on any atom is -0.379 e. The molecule has 0 radical (unpaired) electrons. The van der Waals surface area contributed by atoms with Crippen molar-refractivity contribution in [2.75, 3.05) is 5.32 Å². The van der Waals surface area contributed by atoms with Gasteiger partial charge in [0.15, 0.2) is 0 Å². The van der Waals surface area contributed by atoms with Gasteiger partial charge < -0.3 is 5.32 Å². The van der Waals surface area contributed by atoms with Crippen LogP contribution in [0.15, 0.2) is 23.1 Å². The summed E-state index contributed by atoms with van der Waals surface area (Å²) in [5.41, 5.74) is 0.485. The zero-order valence-corrected chi connectivity index (χ0v) is 10.5. The summed E-state index contributed by atoms with van der Waals surface area (Å²) < 4.78 is 35.7. The van der Waals surface area contributed by atoms with Crippen LogP contribution in [0.4, 0.5) is 10.1 Å². The van der Waals surface area contributed by atoms with Gasteiger partial charge in [-0.15, -0.1) is 0 Å². The number of hydrogen-bond acceptors (Lipinski definition) is 3. The number of nitrogens with two attached hydrogens (primary N) is 1. The van der Waals surface area contributed by atoms with Crippen LogP contribution in [-0.4, -0.2) is 14.5 Å². The van der Waals surface area contributed by atoms with Crippen LogP contribution in [0.3, 0.4) is 0 Å². The summed E-state index contributed by atoms with van der Waals surface area (Å²) in [6.45, 7) is 4.17. The van der Waals surface area contributed by atoms with Gasteiger partial charge in [0.2, 0.25) is 10.0 Å². The van der Waals surface area contributed by atoms with Gasteiger partial charge >= 0.3 is 0 Å². The number of benzene rings is 1. The second-order valence-corrected chi connectivity index (χ2v) is 6.64. The molecule has 0 bridgehead atoms. The summed E-state index contributed by atoms with van der Waals surface area (Å²) in [7, 11) is -3.85. The fourth-order valence-corrected chi connectivity index (χ4v) is 2.22. The second-order valence-electron chi connectivity index (χ2n) is 5.08. The molecule has 0 saturated heterocycles. The fourth-order valence-electron chi connectivity index (χ4n) is 1.69. The topological polar surface area (TPSA) is 72.2 Å². The molecule has 0 aliphatic heterocycles. The van der Waals surface area contributed by atoms with Gasteiger partial charge in [-0.3, -0.25) is 0 Å². The van der Waals surface area contributed by atoms with E-state index in [1.165, 1.54) is 12.1 Å². The number of hydrogen-bond donors (Lipinski definition) is 2. The number of rotatable bonds is 3. The molecule has 1 atom stereocenters. The minimum atomic E-state index is -3.85. The summed E-state index contributed by atoms with van der Waals surface area (Å²) >= 11 is 0. The molecular weight excluding hydrogens is 243 g/mol. The average molecular weight is 258 g/mol. The Morgan fingerprint density at radius 2 is 2.06 bits per heavy atom. The quantitative estimate of drug-likeness (QED) is 0.866. The van der Waals surface area contributed by atoms with Gasteiger partial charge in [0, 0.05) is 6.04 Å². The van der Waals surface area contributed by atoms with Crippen molar-refractivity contribution in [3.05, 3.63) is 24.0 Å². The number of halogens is 1. The van der Waals surface area contributed by atoms with Crippen molar-refractivity contribution < 1.29 is 12.8 Å². The molecule has 1 fully saturated rings. The van der Waals surface area contributed by atoms with Crippen molar-refractivity contribution in [3.63, 3.8) is 0 Å². The summed E-state index contributed by atoms with van der Waals surface area (Å²) in [5.74, 6) is -0.598. The van der Waals surface area contributed by atoms with E-state index in [2.05, 4.69) is 19.2 Å². The van der Waals surface area contributed by atoms with E-state index in [0.717, 1.165) is 12.5 Å². The molecule has 0 amide bonds. The second kappa shape index (κ2) is 3.68. The van der Waals surface area contributed by atoms with E-state index in [-0.39, 0.29) is 16.4 Å². The molecule has 2 rings (SSSR count). The molecule has 3 N–H and O–H groups in total. The maximum atomic E-state index is 13.6. The molecule has 94 valence electrons. The molecule has 4 nitrogen and oxygen atoms in total.